The lowest BCUT2D eigenvalue weighted by molar-refractivity contribution is -0.137. The Labute approximate surface area is 147 Å². The maximum absolute atomic E-state index is 14.2. The van der Waals surface area contributed by atoms with Gasteiger partial charge in [0.25, 0.3) is 0 Å². The zero-order chi connectivity index (χ0) is 18.9. The van der Waals surface area contributed by atoms with Gasteiger partial charge >= 0.3 is 12.1 Å². The second kappa shape index (κ2) is 7.07. The van der Waals surface area contributed by atoms with E-state index in [1.165, 1.54) is 12.1 Å². The first-order valence-electron chi connectivity index (χ1n) is 8.16. The van der Waals surface area contributed by atoms with Crippen molar-refractivity contribution in [1.82, 2.24) is 4.90 Å². The number of carboxylic acid groups (broad SMARTS) is 1. The third kappa shape index (κ3) is 3.88. The minimum atomic E-state index is -4.57. The van der Waals surface area contributed by atoms with Crippen LogP contribution >= 0.6 is 0 Å². The average Bonchev–Trinajstić information content (AvgIpc) is 3.02. The van der Waals surface area contributed by atoms with Crippen molar-refractivity contribution >= 4 is 5.97 Å². The van der Waals surface area contributed by atoms with E-state index in [0.29, 0.717) is 37.7 Å². The molecule has 7 heteroatoms. The molecule has 1 atom stereocenters. The highest BCUT2D eigenvalue weighted by Gasteiger charge is 2.33. The van der Waals surface area contributed by atoms with E-state index in [-0.39, 0.29) is 17.0 Å². The molecule has 138 valence electrons. The predicted molar refractivity (Wildman–Crippen MR) is 87.4 cm³/mol. The molecule has 1 heterocycles. The van der Waals surface area contributed by atoms with Crippen LogP contribution in [0.2, 0.25) is 0 Å². The Morgan fingerprint density at radius 1 is 1.19 bits per heavy atom. The molecule has 26 heavy (non-hydrogen) atoms. The van der Waals surface area contributed by atoms with Crippen molar-refractivity contribution in [3.05, 3.63) is 70.5 Å². The Hall–Kier alpha value is -2.41. The summed E-state index contributed by atoms with van der Waals surface area (Å²) < 4.78 is 52.1. The molecule has 1 unspecified atom stereocenters. The largest absolute Gasteiger partial charge is 0.478 e. The number of likely N-dealkylation sites (tertiary alicyclic amines) is 1. The van der Waals surface area contributed by atoms with Crippen LogP contribution in [0.5, 0.6) is 0 Å². The summed E-state index contributed by atoms with van der Waals surface area (Å²) in [7, 11) is 0. The molecule has 1 fully saturated rings. The molecule has 3 nitrogen and oxygen atoms in total. The molecule has 2 aromatic rings. The molecule has 1 aliphatic rings. The fourth-order valence-corrected chi connectivity index (χ4v) is 3.37. The first-order chi connectivity index (χ1) is 12.3. The van der Waals surface area contributed by atoms with Gasteiger partial charge < -0.3 is 5.11 Å². The Morgan fingerprint density at radius 3 is 2.58 bits per heavy atom. The van der Waals surface area contributed by atoms with Crippen LogP contribution < -0.4 is 0 Å². The Morgan fingerprint density at radius 2 is 1.92 bits per heavy atom. The van der Waals surface area contributed by atoms with Crippen molar-refractivity contribution in [2.45, 2.75) is 25.1 Å². The van der Waals surface area contributed by atoms with E-state index in [0.717, 1.165) is 6.07 Å². The number of alkyl halides is 3. The van der Waals surface area contributed by atoms with E-state index in [4.69, 9.17) is 0 Å². The van der Waals surface area contributed by atoms with Gasteiger partial charge in [0.05, 0.1) is 11.1 Å². The molecular formula is C19H17F4NO2. The van der Waals surface area contributed by atoms with Crippen molar-refractivity contribution in [2.75, 3.05) is 13.1 Å². The molecule has 1 saturated heterocycles. The van der Waals surface area contributed by atoms with Crippen LogP contribution in [0.15, 0.2) is 42.5 Å². The second-order valence-electron chi connectivity index (χ2n) is 6.42. The summed E-state index contributed by atoms with van der Waals surface area (Å²) in [6.45, 7) is 1.50. The van der Waals surface area contributed by atoms with Gasteiger partial charge in [0.1, 0.15) is 5.82 Å². The van der Waals surface area contributed by atoms with Crippen molar-refractivity contribution in [2.24, 2.45) is 0 Å². The molecule has 0 saturated carbocycles. The molecular weight excluding hydrogens is 350 g/mol. The van der Waals surface area contributed by atoms with Gasteiger partial charge in [-0.05, 0) is 42.3 Å². The van der Waals surface area contributed by atoms with Crippen LogP contribution in [0.25, 0.3) is 0 Å². The highest BCUT2D eigenvalue weighted by atomic mass is 19.4. The number of carbonyl (C=O) groups is 1. The summed E-state index contributed by atoms with van der Waals surface area (Å²) in [6.07, 6.45) is -3.96. The van der Waals surface area contributed by atoms with Crippen LogP contribution in [0.3, 0.4) is 0 Å². The maximum Gasteiger partial charge on any atom is 0.416 e. The van der Waals surface area contributed by atoms with E-state index in [1.807, 2.05) is 4.90 Å². The van der Waals surface area contributed by atoms with E-state index in [1.54, 1.807) is 18.2 Å². The van der Waals surface area contributed by atoms with E-state index in [2.05, 4.69) is 0 Å². The number of aromatic carboxylic acids is 1. The van der Waals surface area contributed by atoms with Crippen molar-refractivity contribution < 1.29 is 27.5 Å². The lowest BCUT2D eigenvalue weighted by Crippen LogP contribution is -2.21. The molecule has 2 aromatic carbocycles. The monoisotopic (exact) mass is 367 g/mol. The molecule has 1 N–H and O–H groups in total. The maximum atomic E-state index is 14.2. The van der Waals surface area contributed by atoms with Gasteiger partial charge in [-0.3, -0.25) is 4.90 Å². The fourth-order valence-electron chi connectivity index (χ4n) is 3.37. The molecule has 0 bridgehead atoms. The summed E-state index contributed by atoms with van der Waals surface area (Å²) >= 11 is 0. The number of hydrogen-bond donors (Lipinski definition) is 1. The summed E-state index contributed by atoms with van der Waals surface area (Å²) in [6, 6.07) is 9.31. The van der Waals surface area contributed by atoms with Crippen LogP contribution in [0, 0.1) is 5.82 Å². The van der Waals surface area contributed by atoms with Crippen molar-refractivity contribution in [3.8, 4) is 0 Å². The van der Waals surface area contributed by atoms with Gasteiger partial charge in [-0.15, -0.1) is 0 Å². The minimum absolute atomic E-state index is 0.214. The molecule has 0 aromatic heterocycles. The van der Waals surface area contributed by atoms with Gasteiger partial charge in [-0.1, -0.05) is 24.3 Å². The van der Waals surface area contributed by atoms with E-state index in [9.17, 15) is 27.5 Å². The van der Waals surface area contributed by atoms with E-state index >= 15 is 0 Å². The number of carboxylic acids is 1. The predicted octanol–water partition coefficient (Wildman–Crippen LogP) is 4.53. The molecule has 0 radical (unpaired) electrons. The Balaban J connectivity index is 1.73. The Kier molecular flexibility index (Phi) is 5.00. The molecule has 0 amide bonds. The van der Waals surface area contributed by atoms with Gasteiger partial charge in [0.15, 0.2) is 0 Å². The Bertz CT molecular complexity index is 819. The highest BCUT2D eigenvalue weighted by Crippen LogP contribution is 2.34. The van der Waals surface area contributed by atoms with Crippen LogP contribution in [-0.4, -0.2) is 29.1 Å². The van der Waals surface area contributed by atoms with Crippen molar-refractivity contribution in [3.63, 3.8) is 0 Å². The first-order valence-corrected chi connectivity index (χ1v) is 8.16. The quantitative estimate of drug-likeness (QED) is 0.807. The van der Waals surface area contributed by atoms with Gasteiger partial charge in [-0.25, -0.2) is 9.18 Å². The SMILES string of the molecule is O=C(O)c1ccccc1CN1CCC(c2ccc(C(F)(F)F)cc2F)C1. The van der Waals surface area contributed by atoms with Gasteiger partial charge in [-0.2, -0.15) is 13.2 Å². The number of rotatable bonds is 4. The van der Waals surface area contributed by atoms with E-state index < -0.39 is 23.5 Å². The smallest absolute Gasteiger partial charge is 0.416 e. The number of benzene rings is 2. The van der Waals surface area contributed by atoms with Crippen molar-refractivity contribution in [1.29, 1.82) is 0 Å². The topological polar surface area (TPSA) is 40.5 Å². The van der Waals surface area contributed by atoms with Gasteiger partial charge in [0, 0.05) is 19.0 Å². The number of nitrogens with zero attached hydrogens (tertiary/aromatic N) is 1. The zero-order valence-corrected chi connectivity index (χ0v) is 13.8. The van der Waals surface area contributed by atoms with Crippen LogP contribution in [0.1, 0.15) is 39.4 Å². The summed E-state index contributed by atoms with van der Waals surface area (Å²) in [5.74, 6) is -2.07. The summed E-state index contributed by atoms with van der Waals surface area (Å²) in [5, 5.41) is 9.24. The standard InChI is InChI=1S/C19H17F4NO2/c20-17-9-14(19(21,22)23)5-6-15(17)13-7-8-24(11-13)10-12-3-1-2-4-16(12)18(25)26/h1-6,9,13H,7-8,10-11H2,(H,25,26). The fraction of sp³-hybridized carbons (Fsp3) is 0.316. The number of hydrogen-bond acceptors (Lipinski definition) is 2. The molecule has 0 spiro atoms. The van der Waals surface area contributed by atoms with Crippen LogP contribution in [0.4, 0.5) is 17.6 Å². The third-order valence-electron chi connectivity index (χ3n) is 4.68. The lowest BCUT2D eigenvalue weighted by Gasteiger charge is -2.18. The average molecular weight is 367 g/mol. The zero-order valence-electron chi connectivity index (χ0n) is 13.8. The minimum Gasteiger partial charge on any atom is -0.478 e. The van der Waals surface area contributed by atoms with Gasteiger partial charge in [0.2, 0.25) is 0 Å². The molecule has 0 aliphatic carbocycles. The molecule has 1 aliphatic heterocycles. The molecule has 3 rings (SSSR count). The normalized spacial score (nSPS) is 18.2. The van der Waals surface area contributed by atoms with Crippen LogP contribution in [-0.2, 0) is 12.7 Å². The second-order valence-corrected chi connectivity index (χ2v) is 6.42. The lowest BCUT2D eigenvalue weighted by atomic mass is 9.96. The number of halogens is 4. The third-order valence-corrected chi connectivity index (χ3v) is 4.68. The first kappa shape index (κ1) is 18.4. The summed E-state index contributed by atoms with van der Waals surface area (Å²) in [4.78, 5) is 13.3. The summed E-state index contributed by atoms with van der Waals surface area (Å²) in [5.41, 5.74) is 0.154. The highest BCUT2D eigenvalue weighted by molar-refractivity contribution is 5.89.